The van der Waals surface area contributed by atoms with Crippen LogP contribution in [0.4, 0.5) is 5.69 Å². The van der Waals surface area contributed by atoms with Gasteiger partial charge >= 0.3 is 0 Å². The first kappa shape index (κ1) is 23.7. The summed E-state index contributed by atoms with van der Waals surface area (Å²) in [7, 11) is 0. The first-order valence-electron chi connectivity index (χ1n) is 9.24. The largest absolute Gasteiger partial charge is 0.488 e. The number of nitrogens with zero attached hydrogens (tertiary/aromatic N) is 2. The third kappa shape index (κ3) is 6.53. The molecule has 0 spiro atoms. The lowest BCUT2D eigenvalue weighted by atomic mass is 10.1. The van der Waals surface area contributed by atoms with Crippen LogP contribution in [0.5, 0.6) is 5.75 Å². The summed E-state index contributed by atoms with van der Waals surface area (Å²) in [4.78, 5) is 22.6. The number of hydrogen-bond donors (Lipinski definition) is 1. The van der Waals surface area contributed by atoms with E-state index in [0.717, 1.165) is 5.56 Å². The number of para-hydroxylation sites is 1. The normalized spacial score (nSPS) is 10.8. The summed E-state index contributed by atoms with van der Waals surface area (Å²) in [6, 6.07) is 16.6. The highest BCUT2D eigenvalue weighted by atomic mass is 79.9. The van der Waals surface area contributed by atoms with Crippen LogP contribution in [0.3, 0.4) is 0 Å². The molecule has 0 bridgehead atoms. The van der Waals surface area contributed by atoms with Gasteiger partial charge < -0.3 is 4.74 Å². The van der Waals surface area contributed by atoms with Gasteiger partial charge in [0, 0.05) is 27.2 Å². The predicted octanol–water partition coefficient (Wildman–Crippen LogP) is 5.94. The number of nitro benzene ring substituents is 1. The van der Waals surface area contributed by atoms with Gasteiger partial charge in [-0.1, -0.05) is 47.5 Å². The number of nitro groups is 1. The Morgan fingerprint density at radius 3 is 2.62 bits per heavy atom. The Bertz CT molecular complexity index is 1190. The molecular formula is C22H16BrCl2N3O4. The summed E-state index contributed by atoms with van der Waals surface area (Å²) in [6.45, 7) is 0.268. The zero-order valence-electron chi connectivity index (χ0n) is 16.4. The van der Waals surface area contributed by atoms with E-state index in [1.165, 1.54) is 18.3 Å². The number of carbonyl (C=O) groups excluding carboxylic acids is 1. The Labute approximate surface area is 202 Å². The molecule has 0 heterocycles. The van der Waals surface area contributed by atoms with E-state index >= 15 is 0 Å². The van der Waals surface area contributed by atoms with Crippen LogP contribution < -0.4 is 10.2 Å². The molecule has 0 aromatic heterocycles. The van der Waals surface area contributed by atoms with Crippen molar-refractivity contribution in [2.45, 2.75) is 13.0 Å². The zero-order valence-corrected chi connectivity index (χ0v) is 19.5. The molecular weight excluding hydrogens is 521 g/mol. The van der Waals surface area contributed by atoms with Crippen molar-refractivity contribution in [3.8, 4) is 5.75 Å². The van der Waals surface area contributed by atoms with E-state index in [2.05, 4.69) is 26.5 Å². The second-order valence-electron chi connectivity index (χ2n) is 6.57. The summed E-state index contributed by atoms with van der Waals surface area (Å²) >= 11 is 15.5. The first-order chi connectivity index (χ1) is 15.3. The van der Waals surface area contributed by atoms with Crippen LogP contribution in [0.25, 0.3) is 0 Å². The number of hydrazone groups is 1. The molecule has 3 aromatic rings. The Balaban J connectivity index is 1.57. The lowest BCUT2D eigenvalue weighted by Gasteiger charge is -2.10. The second-order valence-corrected chi connectivity index (χ2v) is 8.27. The van der Waals surface area contributed by atoms with Gasteiger partial charge in [-0.15, -0.1) is 0 Å². The summed E-state index contributed by atoms with van der Waals surface area (Å²) in [5, 5.41) is 16.0. The van der Waals surface area contributed by atoms with Gasteiger partial charge in [0.25, 0.3) is 5.69 Å². The van der Waals surface area contributed by atoms with Crippen LogP contribution in [-0.4, -0.2) is 17.0 Å². The average molecular weight is 537 g/mol. The van der Waals surface area contributed by atoms with E-state index in [9.17, 15) is 14.9 Å². The third-order valence-corrected chi connectivity index (χ3v) is 5.50. The number of hydrogen-bond acceptors (Lipinski definition) is 5. The Morgan fingerprint density at radius 2 is 1.91 bits per heavy atom. The number of amides is 1. The van der Waals surface area contributed by atoms with Gasteiger partial charge in [-0.3, -0.25) is 14.9 Å². The molecule has 3 aromatic carbocycles. The number of ether oxygens (including phenoxy) is 1. The summed E-state index contributed by atoms with van der Waals surface area (Å²) < 4.78 is 6.49. The van der Waals surface area contributed by atoms with Crippen molar-refractivity contribution in [1.29, 1.82) is 0 Å². The predicted molar refractivity (Wildman–Crippen MR) is 127 cm³/mol. The van der Waals surface area contributed by atoms with Crippen LogP contribution in [0.1, 0.15) is 16.7 Å². The first-order valence-corrected chi connectivity index (χ1v) is 10.8. The van der Waals surface area contributed by atoms with Gasteiger partial charge in [0.2, 0.25) is 5.91 Å². The van der Waals surface area contributed by atoms with E-state index in [4.69, 9.17) is 27.9 Å². The molecule has 10 heteroatoms. The Kier molecular flexibility index (Phi) is 8.21. The van der Waals surface area contributed by atoms with Crippen molar-refractivity contribution in [1.82, 2.24) is 5.43 Å². The molecule has 3 rings (SSSR count). The lowest BCUT2D eigenvalue weighted by Crippen LogP contribution is -2.20. The van der Waals surface area contributed by atoms with E-state index in [-0.39, 0.29) is 18.7 Å². The van der Waals surface area contributed by atoms with Crippen molar-refractivity contribution in [3.63, 3.8) is 0 Å². The monoisotopic (exact) mass is 535 g/mol. The van der Waals surface area contributed by atoms with Crippen LogP contribution in [0.15, 0.2) is 70.2 Å². The molecule has 0 unspecified atom stereocenters. The van der Waals surface area contributed by atoms with Gasteiger partial charge in [0.15, 0.2) is 0 Å². The molecule has 0 aliphatic carbocycles. The number of rotatable bonds is 8. The topological polar surface area (TPSA) is 93.8 Å². The van der Waals surface area contributed by atoms with Crippen LogP contribution in [0.2, 0.25) is 10.0 Å². The van der Waals surface area contributed by atoms with Gasteiger partial charge in [-0.05, 0) is 51.8 Å². The van der Waals surface area contributed by atoms with E-state index < -0.39 is 10.8 Å². The van der Waals surface area contributed by atoms with Crippen molar-refractivity contribution in [3.05, 3.63) is 102 Å². The van der Waals surface area contributed by atoms with Gasteiger partial charge in [0.05, 0.1) is 22.0 Å². The number of benzene rings is 3. The summed E-state index contributed by atoms with van der Waals surface area (Å²) in [5.74, 6) is 0.142. The quantitative estimate of drug-likeness (QED) is 0.219. The second kappa shape index (κ2) is 11.1. The van der Waals surface area contributed by atoms with Gasteiger partial charge in [0.1, 0.15) is 12.4 Å². The summed E-state index contributed by atoms with van der Waals surface area (Å²) in [5.41, 5.74) is 4.09. The van der Waals surface area contributed by atoms with E-state index in [0.29, 0.717) is 31.4 Å². The molecule has 0 saturated heterocycles. The maximum atomic E-state index is 12.1. The molecule has 164 valence electrons. The maximum absolute atomic E-state index is 12.1. The lowest BCUT2D eigenvalue weighted by molar-refractivity contribution is -0.385. The van der Waals surface area contributed by atoms with Crippen LogP contribution in [0, 0.1) is 10.1 Å². The standard InChI is InChI=1S/C22H16BrCl2N3O4/c23-18-9-14(5-8-21(18)32-13-16-6-7-17(24)11-19(16)25)12-26-27-22(29)10-15-3-1-2-4-20(15)28(30)31/h1-9,11-12H,10,13H2,(H,27,29)/b26-12+. The molecule has 0 fully saturated rings. The summed E-state index contributed by atoms with van der Waals surface area (Å²) in [6.07, 6.45) is 1.31. The fourth-order valence-electron chi connectivity index (χ4n) is 2.74. The van der Waals surface area contributed by atoms with Crippen LogP contribution in [-0.2, 0) is 17.8 Å². The molecule has 0 saturated carbocycles. The Hall–Kier alpha value is -2.94. The smallest absolute Gasteiger partial charge is 0.273 e. The zero-order chi connectivity index (χ0) is 23.1. The number of carbonyl (C=O) groups is 1. The van der Waals surface area contributed by atoms with E-state index in [1.54, 1.807) is 48.5 Å². The molecule has 7 nitrogen and oxygen atoms in total. The fraction of sp³-hybridized carbons (Fsp3) is 0.0909. The highest BCUT2D eigenvalue weighted by Crippen LogP contribution is 2.28. The minimum absolute atomic E-state index is 0.106. The maximum Gasteiger partial charge on any atom is 0.273 e. The molecule has 0 aliphatic rings. The number of nitrogens with one attached hydrogen (secondary N) is 1. The van der Waals surface area contributed by atoms with Gasteiger partial charge in [-0.25, -0.2) is 5.43 Å². The third-order valence-electron chi connectivity index (χ3n) is 4.30. The van der Waals surface area contributed by atoms with Crippen LogP contribution >= 0.6 is 39.1 Å². The highest BCUT2D eigenvalue weighted by molar-refractivity contribution is 9.10. The molecule has 1 amide bonds. The van der Waals surface area contributed by atoms with Crippen molar-refractivity contribution < 1.29 is 14.5 Å². The van der Waals surface area contributed by atoms with Crippen molar-refractivity contribution in [2.24, 2.45) is 5.10 Å². The number of halogens is 3. The molecule has 0 aliphatic heterocycles. The van der Waals surface area contributed by atoms with Crippen molar-refractivity contribution in [2.75, 3.05) is 0 Å². The average Bonchev–Trinajstić information content (AvgIpc) is 2.74. The molecule has 32 heavy (non-hydrogen) atoms. The fourth-order valence-corrected chi connectivity index (χ4v) is 3.71. The Morgan fingerprint density at radius 1 is 1.12 bits per heavy atom. The molecule has 1 N–H and O–H groups in total. The highest BCUT2D eigenvalue weighted by Gasteiger charge is 2.15. The van der Waals surface area contributed by atoms with Gasteiger partial charge in [-0.2, -0.15) is 5.10 Å². The SMILES string of the molecule is O=C(Cc1ccccc1[N+](=O)[O-])N/N=C/c1ccc(OCc2ccc(Cl)cc2Cl)c(Br)c1. The van der Waals surface area contributed by atoms with Crippen molar-refractivity contribution >= 4 is 56.9 Å². The minimum atomic E-state index is -0.520. The molecule has 0 atom stereocenters. The molecule has 0 radical (unpaired) electrons. The van der Waals surface area contributed by atoms with E-state index in [1.807, 2.05) is 0 Å². The minimum Gasteiger partial charge on any atom is -0.488 e.